The van der Waals surface area contributed by atoms with Crippen molar-refractivity contribution in [3.8, 4) is 0 Å². The number of nitrogens with one attached hydrogen (secondary N) is 1. The van der Waals surface area contributed by atoms with Crippen LogP contribution in [-0.2, 0) is 0 Å². The van der Waals surface area contributed by atoms with E-state index in [1.54, 1.807) is 0 Å². The highest BCUT2D eigenvalue weighted by Crippen LogP contribution is 2.36. The average Bonchev–Trinajstić information content (AvgIpc) is 2.75. The van der Waals surface area contributed by atoms with Crippen molar-refractivity contribution < 1.29 is 0 Å². The van der Waals surface area contributed by atoms with Crippen LogP contribution in [0.3, 0.4) is 0 Å². The second-order valence-electron chi connectivity index (χ2n) is 4.69. The summed E-state index contributed by atoms with van der Waals surface area (Å²) in [7, 11) is 0. The van der Waals surface area contributed by atoms with Crippen LogP contribution in [0.1, 0.15) is 42.9 Å². The molecule has 0 heterocycles. The molecule has 16 heavy (non-hydrogen) atoms. The Morgan fingerprint density at radius 1 is 1.38 bits per heavy atom. The molecule has 1 aromatic carbocycles. The minimum absolute atomic E-state index is 0.278. The third kappa shape index (κ3) is 2.40. The summed E-state index contributed by atoms with van der Waals surface area (Å²) >= 11 is 5.97. The number of rotatable bonds is 3. The predicted octanol–water partition coefficient (Wildman–Crippen LogP) is 3.34. The van der Waals surface area contributed by atoms with Gasteiger partial charge in [0.05, 0.1) is 0 Å². The molecule has 0 bridgehead atoms. The lowest BCUT2D eigenvalue weighted by atomic mass is 9.90. The number of hydrazine groups is 1. The Morgan fingerprint density at radius 3 is 2.62 bits per heavy atom. The SMILES string of the molecule is Cc1cc(Cl)ccc1C(NN)C1CCCC1. The summed E-state index contributed by atoms with van der Waals surface area (Å²) in [6, 6.07) is 6.33. The van der Waals surface area contributed by atoms with Crippen molar-refractivity contribution in [3.63, 3.8) is 0 Å². The van der Waals surface area contributed by atoms with Crippen LogP contribution < -0.4 is 11.3 Å². The van der Waals surface area contributed by atoms with Crippen molar-refractivity contribution in [1.82, 2.24) is 5.43 Å². The molecule has 0 amide bonds. The van der Waals surface area contributed by atoms with Crippen LogP contribution in [0.5, 0.6) is 0 Å². The fraction of sp³-hybridized carbons (Fsp3) is 0.538. The summed E-state index contributed by atoms with van der Waals surface area (Å²) in [5.41, 5.74) is 5.49. The Bertz CT molecular complexity index is 359. The molecule has 0 saturated heterocycles. The van der Waals surface area contributed by atoms with Gasteiger partial charge in [-0.25, -0.2) is 0 Å². The van der Waals surface area contributed by atoms with E-state index in [2.05, 4.69) is 18.4 Å². The van der Waals surface area contributed by atoms with Gasteiger partial charge in [0.2, 0.25) is 0 Å². The standard InChI is InChI=1S/C13H19ClN2/c1-9-8-11(14)6-7-12(9)13(16-15)10-4-2-3-5-10/h6-8,10,13,16H,2-5,15H2,1H3. The second kappa shape index (κ2) is 5.17. The van der Waals surface area contributed by atoms with Crippen LogP contribution >= 0.6 is 11.6 Å². The fourth-order valence-corrected chi connectivity index (χ4v) is 2.99. The lowest BCUT2D eigenvalue weighted by Gasteiger charge is -2.24. The summed E-state index contributed by atoms with van der Waals surface area (Å²) in [6.45, 7) is 2.10. The highest BCUT2D eigenvalue weighted by atomic mass is 35.5. The topological polar surface area (TPSA) is 38.0 Å². The third-order valence-corrected chi connectivity index (χ3v) is 3.85. The van der Waals surface area contributed by atoms with Gasteiger partial charge in [-0.15, -0.1) is 0 Å². The molecular formula is C13H19ClN2. The van der Waals surface area contributed by atoms with Crippen molar-refractivity contribution in [2.45, 2.75) is 38.6 Å². The molecule has 3 heteroatoms. The van der Waals surface area contributed by atoms with Crippen molar-refractivity contribution in [2.75, 3.05) is 0 Å². The first-order chi connectivity index (χ1) is 7.72. The molecule has 0 aliphatic heterocycles. The van der Waals surface area contributed by atoms with Crippen LogP contribution in [-0.4, -0.2) is 0 Å². The maximum absolute atomic E-state index is 5.97. The molecule has 0 aromatic heterocycles. The Kier molecular flexibility index (Phi) is 3.85. The van der Waals surface area contributed by atoms with Gasteiger partial charge in [-0.1, -0.05) is 30.5 Å². The van der Waals surface area contributed by atoms with Gasteiger partial charge in [-0.2, -0.15) is 0 Å². The van der Waals surface area contributed by atoms with Crippen LogP contribution in [0.25, 0.3) is 0 Å². The Morgan fingerprint density at radius 2 is 2.06 bits per heavy atom. The molecule has 2 nitrogen and oxygen atoms in total. The Balaban J connectivity index is 2.25. The lowest BCUT2D eigenvalue weighted by molar-refractivity contribution is 0.372. The van der Waals surface area contributed by atoms with Gasteiger partial charge in [0.1, 0.15) is 0 Å². The highest BCUT2D eigenvalue weighted by Gasteiger charge is 2.26. The second-order valence-corrected chi connectivity index (χ2v) is 5.13. The molecule has 0 spiro atoms. The highest BCUT2D eigenvalue weighted by molar-refractivity contribution is 6.30. The van der Waals surface area contributed by atoms with Crippen LogP contribution in [0.2, 0.25) is 5.02 Å². The van der Waals surface area contributed by atoms with E-state index in [0.717, 1.165) is 5.02 Å². The van der Waals surface area contributed by atoms with E-state index in [4.69, 9.17) is 17.4 Å². The van der Waals surface area contributed by atoms with Crippen molar-refractivity contribution in [2.24, 2.45) is 11.8 Å². The largest absolute Gasteiger partial charge is 0.271 e. The predicted molar refractivity (Wildman–Crippen MR) is 68.2 cm³/mol. The first-order valence-corrected chi connectivity index (χ1v) is 6.32. The minimum atomic E-state index is 0.278. The zero-order chi connectivity index (χ0) is 11.5. The molecule has 1 aromatic rings. The van der Waals surface area contributed by atoms with Gasteiger partial charge in [0.15, 0.2) is 0 Å². The van der Waals surface area contributed by atoms with Gasteiger partial charge >= 0.3 is 0 Å². The van der Waals surface area contributed by atoms with Gasteiger partial charge < -0.3 is 0 Å². The van der Waals surface area contributed by atoms with Gasteiger partial charge in [0, 0.05) is 11.1 Å². The summed E-state index contributed by atoms with van der Waals surface area (Å²) in [4.78, 5) is 0. The molecule has 88 valence electrons. The Hall–Kier alpha value is -0.570. The third-order valence-electron chi connectivity index (χ3n) is 3.62. The number of benzene rings is 1. The molecule has 1 unspecified atom stereocenters. The molecule has 1 atom stereocenters. The fourth-order valence-electron chi connectivity index (χ4n) is 2.76. The lowest BCUT2D eigenvalue weighted by Crippen LogP contribution is -2.33. The Labute approximate surface area is 102 Å². The van der Waals surface area contributed by atoms with E-state index in [1.807, 2.05) is 12.1 Å². The molecule has 1 saturated carbocycles. The average molecular weight is 239 g/mol. The van der Waals surface area contributed by atoms with E-state index < -0.39 is 0 Å². The van der Waals surface area contributed by atoms with Crippen molar-refractivity contribution in [1.29, 1.82) is 0 Å². The number of hydrogen-bond donors (Lipinski definition) is 2. The first kappa shape index (κ1) is 11.9. The maximum atomic E-state index is 5.97. The monoisotopic (exact) mass is 238 g/mol. The summed E-state index contributed by atoms with van der Waals surface area (Å²) in [5.74, 6) is 6.38. The van der Waals surface area contributed by atoms with Gasteiger partial charge in [-0.3, -0.25) is 11.3 Å². The number of halogens is 1. The number of hydrogen-bond acceptors (Lipinski definition) is 2. The van der Waals surface area contributed by atoms with E-state index >= 15 is 0 Å². The quantitative estimate of drug-likeness (QED) is 0.626. The smallest absolute Gasteiger partial charge is 0.0490 e. The summed E-state index contributed by atoms with van der Waals surface area (Å²) in [5, 5.41) is 0.795. The molecule has 1 fully saturated rings. The summed E-state index contributed by atoms with van der Waals surface area (Å²) < 4.78 is 0. The number of nitrogens with two attached hydrogens (primary N) is 1. The molecule has 2 rings (SSSR count). The van der Waals surface area contributed by atoms with Crippen molar-refractivity contribution >= 4 is 11.6 Å². The van der Waals surface area contributed by atoms with Crippen LogP contribution in [0.4, 0.5) is 0 Å². The van der Waals surface area contributed by atoms with Gasteiger partial charge in [-0.05, 0) is 48.9 Å². The maximum Gasteiger partial charge on any atom is 0.0490 e. The van der Waals surface area contributed by atoms with Crippen LogP contribution in [0.15, 0.2) is 18.2 Å². The molecule has 1 aliphatic carbocycles. The zero-order valence-corrected chi connectivity index (χ0v) is 10.4. The van der Waals surface area contributed by atoms with E-state index in [9.17, 15) is 0 Å². The molecule has 0 radical (unpaired) electrons. The molecular weight excluding hydrogens is 220 g/mol. The summed E-state index contributed by atoms with van der Waals surface area (Å²) in [6.07, 6.45) is 5.21. The van der Waals surface area contributed by atoms with Crippen molar-refractivity contribution in [3.05, 3.63) is 34.3 Å². The zero-order valence-electron chi connectivity index (χ0n) is 9.67. The van der Waals surface area contributed by atoms with Crippen LogP contribution in [0, 0.1) is 12.8 Å². The van der Waals surface area contributed by atoms with Gasteiger partial charge in [0.25, 0.3) is 0 Å². The molecule has 3 N–H and O–H groups in total. The molecule has 1 aliphatic rings. The van der Waals surface area contributed by atoms with E-state index in [-0.39, 0.29) is 6.04 Å². The normalized spacial score (nSPS) is 18.9. The number of aryl methyl sites for hydroxylation is 1. The van der Waals surface area contributed by atoms with E-state index in [0.29, 0.717) is 5.92 Å². The first-order valence-electron chi connectivity index (χ1n) is 5.94. The minimum Gasteiger partial charge on any atom is -0.271 e. The van der Waals surface area contributed by atoms with E-state index in [1.165, 1.54) is 36.8 Å².